The molecule has 0 aliphatic heterocycles. The fraction of sp³-hybridized carbons (Fsp3) is 0.316. The molecule has 1 atom stereocenters. The van der Waals surface area contributed by atoms with Crippen LogP contribution in [0.3, 0.4) is 0 Å². The number of benzene rings is 2. The van der Waals surface area contributed by atoms with Gasteiger partial charge in [0.1, 0.15) is 11.6 Å². The van der Waals surface area contributed by atoms with Crippen molar-refractivity contribution in [1.82, 2.24) is 4.90 Å². The van der Waals surface area contributed by atoms with Crippen LogP contribution in [0.2, 0.25) is 0 Å². The molecule has 3 nitrogen and oxygen atoms in total. The average molecular weight is 315 g/mol. The number of amides is 1. The third-order valence-electron chi connectivity index (χ3n) is 3.90. The molecule has 0 saturated carbocycles. The molecule has 0 fully saturated rings. The fourth-order valence-electron chi connectivity index (χ4n) is 2.80. The number of rotatable bonds is 5. The lowest BCUT2D eigenvalue weighted by molar-refractivity contribution is 0.0687. The van der Waals surface area contributed by atoms with E-state index in [1.54, 1.807) is 55.5 Å². The molecule has 122 valence electrons. The van der Waals surface area contributed by atoms with Gasteiger partial charge in [0.15, 0.2) is 0 Å². The minimum atomic E-state index is -0.280. The van der Waals surface area contributed by atoms with Crippen molar-refractivity contribution >= 4 is 5.91 Å². The van der Waals surface area contributed by atoms with E-state index in [9.17, 15) is 9.18 Å². The maximum absolute atomic E-state index is 13.2. The summed E-state index contributed by atoms with van der Waals surface area (Å²) in [5.74, 6) is 0.470. The van der Waals surface area contributed by atoms with Crippen LogP contribution < -0.4 is 4.74 Å². The summed E-state index contributed by atoms with van der Waals surface area (Å²) in [7, 11) is 3.35. The quantitative estimate of drug-likeness (QED) is 0.823. The summed E-state index contributed by atoms with van der Waals surface area (Å²) in [4.78, 5) is 14.5. The van der Waals surface area contributed by atoms with Crippen LogP contribution in [0.5, 0.6) is 5.75 Å². The Morgan fingerprint density at radius 3 is 2.35 bits per heavy atom. The van der Waals surface area contributed by atoms with Gasteiger partial charge in [-0.05, 0) is 41.8 Å². The molecule has 1 amide bonds. The summed E-state index contributed by atoms with van der Waals surface area (Å²) >= 11 is 0. The van der Waals surface area contributed by atoms with Crippen LogP contribution in [0.1, 0.15) is 35.8 Å². The lowest BCUT2D eigenvalue weighted by Gasteiger charge is -2.32. The predicted molar refractivity (Wildman–Crippen MR) is 89.1 cm³/mol. The lowest BCUT2D eigenvalue weighted by Crippen LogP contribution is -2.34. The van der Waals surface area contributed by atoms with Gasteiger partial charge in [-0.1, -0.05) is 32.0 Å². The SMILES string of the molecule is COc1cccc(C(=O)N(C)[C@H](c2ccc(F)cc2)C(C)C)c1. The van der Waals surface area contributed by atoms with Crippen molar-refractivity contribution in [3.63, 3.8) is 0 Å². The molecule has 23 heavy (non-hydrogen) atoms. The third kappa shape index (κ3) is 3.89. The number of carbonyl (C=O) groups is 1. The molecule has 0 N–H and O–H groups in total. The largest absolute Gasteiger partial charge is 0.497 e. The van der Waals surface area contributed by atoms with E-state index in [1.165, 1.54) is 12.1 Å². The Balaban J connectivity index is 2.31. The van der Waals surface area contributed by atoms with Crippen molar-refractivity contribution in [3.8, 4) is 5.75 Å². The number of hydrogen-bond acceptors (Lipinski definition) is 2. The van der Waals surface area contributed by atoms with E-state index < -0.39 is 0 Å². The first-order chi connectivity index (χ1) is 10.9. The first kappa shape index (κ1) is 17.0. The molecule has 0 spiro atoms. The van der Waals surface area contributed by atoms with Crippen molar-refractivity contribution in [2.24, 2.45) is 5.92 Å². The first-order valence-corrected chi connectivity index (χ1v) is 7.60. The maximum Gasteiger partial charge on any atom is 0.254 e. The Kier molecular flexibility index (Phi) is 5.37. The van der Waals surface area contributed by atoms with Crippen molar-refractivity contribution in [2.75, 3.05) is 14.2 Å². The molecule has 0 radical (unpaired) electrons. The Labute approximate surface area is 136 Å². The standard InChI is InChI=1S/C19H22FNO2/c1-13(2)18(14-8-10-16(20)11-9-14)21(3)19(22)15-6-5-7-17(12-15)23-4/h5-13,18H,1-4H3/t18-/m0/s1. The minimum absolute atomic E-state index is 0.0908. The van der Waals surface area contributed by atoms with Gasteiger partial charge in [0.05, 0.1) is 13.2 Å². The smallest absolute Gasteiger partial charge is 0.254 e. The van der Waals surface area contributed by atoms with Crippen LogP contribution in [0.4, 0.5) is 4.39 Å². The average Bonchev–Trinajstić information content (AvgIpc) is 2.55. The van der Waals surface area contributed by atoms with Gasteiger partial charge >= 0.3 is 0 Å². The van der Waals surface area contributed by atoms with E-state index in [-0.39, 0.29) is 23.7 Å². The number of halogens is 1. The van der Waals surface area contributed by atoms with Gasteiger partial charge in [0.25, 0.3) is 5.91 Å². The van der Waals surface area contributed by atoms with Gasteiger partial charge in [-0.3, -0.25) is 4.79 Å². The molecule has 0 aliphatic rings. The van der Waals surface area contributed by atoms with Crippen LogP contribution >= 0.6 is 0 Å². The molecule has 2 aromatic rings. The second-order valence-electron chi connectivity index (χ2n) is 5.89. The van der Waals surface area contributed by atoms with Gasteiger partial charge in [-0.2, -0.15) is 0 Å². The molecule has 0 aliphatic carbocycles. The molecule has 0 heterocycles. The summed E-state index contributed by atoms with van der Waals surface area (Å²) in [6.07, 6.45) is 0. The van der Waals surface area contributed by atoms with Gasteiger partial charge in [0, 0.05) is 12.6 Å². The summed E-state index contributed by atoms with van der Waals surface area (Å²) in [6, 6.07) is 13.3. The molecule has 4 heteroatoms. The third-order valence-corrected chi connectivity index (χ3v) is 3.90. The predicted octanol–water partition coefficient (Wildman–Crippen LogP) is 4.30. The number of nitrogens with zero attached hydrogens (tertiary/aromatic N) is 1. The zero-order valence-corrected chi connectivity index (χ0v) is 13.9. The van der Waals surface area contributed by atoms with E-state index >= 15 is 0 Å². The molecular formula is C19H22FNO2. The van der Waals surface area contributed by atoms with E-state index in [0.29, 0.717) is 11.3 Å². The second-order valence-corrected chi connectivity index (χ2v) is 5.89. The molecule has 0 aromatic heterocycles. The Hall–Kier alpha value is -2.36. The van der Waals surface area contributed by atoms with E-state index in [1.807, 2.05) is 13.8 Å². The van der Waals surface area contributed by atoms with Crippen LogP contribution in [-0.2, 0) is 0 Å². The summed E-state index contributed by atoms with van der Waals surface area (Å²) in [6.45, 7) is 4.09. The number of ether oxygens (including phenoxy) is 1. The number of carbonyl (C=O) groups excluding carboxylic acids is 1. The highest BCUT2D eigenvalue weighted by Gasteiger charge is 2.25. The van der Waals surface area contributed by atoms with Crippen molar-refractivity contribution in [3.05, 3.63) is 65.5 Å². The van der Waals surface area contributed by atoms with Crippen molar-refractivity contribution in [2.45, 2.75) is 19.9 Å². The first-order valence-electron chi connectivity index (χ1n) is 7.60. The van der Waals surface area contributed by atoms with Gasteiger partial charge in [0.2, 0.25) is 0 Å². The van der Waals surface area contributed by atoms with Crippen LogP contribution in [0, 0.1) is 11.7 Å². The molecule has 2 rings (SSSR count). The summed E-state index contributed by atoms with van der Waals surface area (Å²) < 4.78 is 18.3. The molecule has 0 bridgehead atoms. The van der Waals surface area contributed by atoms with E-state index in [2.05, 4.69) is 0 Å². The Morgan fingerprint density at radius 1 is 1.13 bits per heavy atom. The summed E-state index contributed by atoms with van der Waals surface area (Å²) in [5, 5.41) is 0. The Morgan fingerprint density at radius 2 is 1.78 bits per heavy atom. The number of methoxy groups -OCH3 is 1. The molecule has 0 unspecified atom stereocenters. The van der Waals surface area contributed by atoms with Gasteiger partial charge in [-0.25, -0.2) is 4.39 Å². The highest BCUT2D eigenvalue weighted by molar-refractivity contribution is 5.94. The van der Waals surface area contributed by atoms with Crippen LogP contribution in [0.15, 0.2) is 48.5 Å². The second kappa shape index (κ2) is 7.27. The summed E-state index contributed by atoms with van der Waals surface area (Å²) in [5.41, 5.74) is 1.49. The van der Waals surface area contributed by atoms with Crippen LogP contribution in [0.25, 0.3) is 0 Å². The zero-order chi connectivity index (χ0) is 17.0. The van der Waals surface area contributed by atoms with Crippen molar-refractivity contribution < 1.29 is 13.9 Å². The lowest BCUT2D eigenvalue weighted by atomic mass is 9.94. The van der Waals surface area contributed by atoms with E-state index in [0.717, 1.165) is 5.56 Å². The zero-order valence-electron chi connectivity index (χ0n) is 13.9. The monoisotopic (exact) mass is 315 g/mol. The maximum atomic E-state index is 13.2. The van der Waals surface area contributed by atoms with Gasteiger partial charge in [-0.15, -0.1) is 0 Å². The number of hydrogen-bond donors (Lipinski definition) is 0. The Bertz CT molecular complexity index is 667. The van der Waals surface area contributed by atoms with Gasteiger partial charge < -0.3 is 9.64 Å². The molecule has 2 aromatic carbocycles. The molecular weight excluding hydrogens is 293 g/mol. The topological polar surface area (TPSA) is 29.5 Å². The van der Waals surface area contributed by atoms with E-state index in [4.69, 9.17) is 4.74 Å². The van der Waals surface area contributed by atoms with Crippen LogP contribution in [-0.4, -0.2) is 25.0 Å². The fourth-order valence-corrected chi connectivity index (χ4v) is 2.80. The molecule has 0 saturated heterocycles. The normalized spacial score (nSPS) is 12.1. The van der Waals surface area contributed by atoms with Crippen molar-refractivity contribution in [1.29, 1.82) is 0 Å². The minimum Gasteiger partial charge on any atom is -0.497 e. The highest BCUT2D eigenvalue weighted by Crippen LogP contribution is 2.29. The highest BCUT2D eigenvalue weighted by atomic mass is 19.1.